The van der Waals surface area contributed by atoms with Gasteiger partial charge in [-0.2, -0.15) is 0 Å². The first-order chi connectivity index (χ1) is 8.27. The van der Waals surface area contributed by atoms with E-state index in [0.29, 0.717) is 5.92 Å². The number of carboxylic acid groups (broad SMARTS) is 1. The maximum absolute atomic E-state index is 11.6. The van der Waals surface area contributed by atoms with Gasteiger partial charge in [-0.1, -0.05) is 20.8 Å². The van der Waals surface area contributed by atoms with Crippen molar-refractivity contribution in [1.82, 2.24) is 0 Å². The average molecular weight is 252 g/mol. The molecular weight excluding hydrogens is 232 g/mol. The summed E-state index contributed by atoms with van der Waals surface area (Å²) in [4.78, 5) is 21.9. The summed E-state index contributed by atoms with van der Waals surface area (Å²) in [6.07, 6.45) is 4.90. The lowest BCUT2D eigenvalue weighted by Crippen LogP contribution is -2.38. The van der Waals surface area contributed by atoms with Crippen molar-refractivity contribution in [3.05, 3.63) is 12.2 Å². The molecule has 0 radical (unpaired) electrons. The summed E-state index contributed by atoms with van der Waals surface area (Å²) < 4.78 is 5.45. The minimum absolute atomic E-state index is 0.0182. The molecular formula is C14H20O4. The number of esters is 1. The smallest absolute Gasteiger partial charge is 0.331 e. The van der Waals surface area contributed by atoms with Gasteiger partial charge in [0, 0.05) is 17.6 Å². The van der Waals surface area contributed by atoms with E-state index in [1.165, 1.54) is 6.42 Å². The zero-order valence-electron chi connectivity index (χ0n) is 11.1. The number of carbonyl (C=O) groups is 2. The molecule has 100 valence electrons. The maximum atomic E-state index is 11.6. The van der Waals surface area contributed by atoms with Crippen molar-refractivity contribution in [2.75, 3.05) is 0 Å². The second-order valence-corrected chi connectivity index (χ2v) is 6.21. The number of carbonyl (C=O) groups excluding carboxylic acids is 1. The summed E-state index contributed by atoms with van der Waals surface area (Å²) in [6, 6.07) is 0. The van der Waals surface area contributed by atoms with Crippen LogP contribution in [0.2, 0.25) is 0 Å². The van der Waals surface area contributed by atoms with E-state index in [-0.39, 0.29) is 16.9 Å². The highest BCUT2D eigenvalue weighted by Crippen LogP contribution is 2.66. The van der Waals surface area contributed by atoms with E-state index >= 15 is 0 Å². The van der Waals surface area contributed by atoms with Gasteiger partial charge in [-0.3, -0.25) is 0 Å². The molecule has 4 nitrogen and oxygen atoms in total. The van der Waals surface area contributed by atoms with E-state index in [1.807, 2.05) is 0 Å². The average Bonchev–Trinajstić information content (AvgIpc) is 2.59. The van der Waals surface area contributed by atoms with E-state index in [2.05, 4.69) is 20.8 Å². The lowest BCUT2D eigenvalue weighted by atomic mass is 9.70. The molecule has 2 aliphatic rings. The number of aliphatic carboxylic acids is 1. The summed E-state index contributed by atoms with van der Waals surface area (Å²) in [6.45, 7) is 6.66. The van der Waals surface area contributed by atoms with Crippen LogP contribution >= 0.6 is 0 Å². The molecule has 2 saturated carbocycles. The zero-order valence-corrected chi connectivity index (χ0v) is 11.1. The largest absolute Gasteiger partial charge is 0.478 e. The molecule has 0 aromatic carbocycles. The molecule has 0 unspecified atom stereocenters. The lowest BCUT2D eigenvalue weighted by molar-refractivity contribution is -0.151. The van der Waals surface area contributed by atoms with Crippen LogP contribution in [0.25, 0.3) is 0 Å². The molecule has 0 saturated heterocycles. The standard InChI is InChI=1S/C14H20O4/c1-13(2)9-6-7-14(13,3)10(8-9)18-12(17)5-4-11(15)16/h4-5,9-10H,6-8H2,1-3H3,(H,15,16)/b5-4-/t9-,10-,14-/m0/s1. The van der Waals surface area contributed by atoms with Gasteiger partial charge in [0.2, 0.25) is 0 Å². The molecule has 4 heteroatoms. The second kappa shape index (κ2) is 4.11. The first-order valence-electron chi connectivity index (χ1n) is 6.39. The lowest BCUT2D eigenvalue weighted by Gasteiger charge is -2.38. The third-order valence-corrected chi connectivity index (χ3v) is 5.33. The van der Waals surface area contributed by atoms with Crippen molar-refractivity contribution in [3.8, 4) is 0 Å². The van der Waals surface area contributed by atoms with Crippen LogP contribution in [0.15, 0.2) is 12.2 Å². The van der Waals surface area contributed by atoms with Crippen molar-refractivity contribution in [1.29, 1.82) is 0 Å². The van der Waals surface area contributed by atoms with Crippen molar-refractivity contribution in [2.24, 2.45) is 16.7 Å². The molecule has 0 aromatic rings. The number of hydrogen-bond donors (Lipinski definition) is 1. The van der Waals surface area contributed by atoms with Crippen LogP contribution < -0.4 is 0 Å². The topological polar surface area (TPSA) is 63.6 Å². The molecule has 3 atom stereocenters. The van der Waals surface area contributed by atoms with Crippen LogP contribution in [0.5, 0.6) is 0 Å². The van der Waals surface area contributed by atoms with Crippen molar-refractivity contribution >= 4 is 11.9 Å². The highest BCUT2D eigenvalue weighted by molar-refractivity contribution is 5.90. The van der Waals surface area contributed by atoms with E-state index in [1.54, 1.807) is 0 Å². The zero-order chi connectivity index (χ0) is 13.6. The Morgan fingerprint density at radius 1 is 1.28 bits per heavy atom. The van der Waals surface area contributed by atoms with Crippen molar-refractivity contribution in [2.45, 2.75) is 46.1 Å². The molecule has 18 heavy (non-hydrogen) atoms. The Labute approximate surface area is 107 Å². The van der Waals surface area contributed by atoms with Gasteiger partial charge in [-0.05, 0) is 30.6 Å². The Kier molecular flexibility index (Phi) is 2.99. The van der Waals surface area contributed by atoms with Gasteiger partial charge < -0.3 is 9.84 Å². The molecule has 0 aromatic heterocycles. The van der Waals surface area contributed by atoms with Gasteiger partial charge in [-0.15, -0.1) is 0 Å². The van der Waals surface area contributed by atoms with Gasteiger partial charge in [0.1, 0.15) is 6.10 Å². The summed E-state index contributed by atoms with van der Waals surface area (Å²) in [5, 5.41) is 8.47. The maximum Gasteiger partial charge on any atom is 0.331 e. The second-order valence-electron chi connectivity index (χ2n) is 6.21. The SMILES string of the molecule is CC1(C)[C@H]2CC[C@@]1(C)[C@@H](OC(=O)/C=C\C(=O)O)C2. The predicted molar refractivity (Wildman–Crippen MR) is 65.9 cm³/mol. The summed E-state index contributed by atoms with van der Waals surface area (Å²) >= 11 is 0. The molecule has 1 N–H and O–H groups in total. The molecule has 2 bridgehead atoms. The van der Waals surface area contributed by atoms with Gasteiger partial charge in [0.05, 0.1) is 0 Å². The fraction of sp³-hybridized carbons (Fsp3) is 0.714. The number of hydrogen-bond acceptors (Lipinski definition) is 3. The first-order valence-corrected chi connectivity index (χ1v) is 6.39. The molecule has 0 heterocycles. The number of rotatable bonds is 3. The van der Waals surface area contributed by atoms with Crippen molar-refractivity contribution < 1.29 is 19.4 Å². The van der Waals surface area contributed by atoms with E-state index in [9.17, 15) is 9.59 Å². The number of carboxylic acids is 1. The monoisotopic (exact) mass is 252 g/mol. The number of fused-ring (bicyclic) bond motifs is 2. The first kappa shape index (κ1) is 13.1. The Morgan fingerprint density at radius 2 is 1.94 bits per heavy atom. The van der Waals surface area contributed by atoms with Crippen LogP contribution in [-0.4, -0.2) is 23.1 Å². The Balaban J connectivity index is 2.05. The van der Waals surface area contributed by atoms with Crippen molar-refractivity contribution in [3.63, 3.8) is 0 Å². The Morgan fingerprint density at radius 3 is 2.39 bits per heavy atom. The summed E-state index contributed by atoms with van der Waals surface area (Å²) in [5.41, 5.74) is 0.207. The molecule has 0 amide bonds. The quantitative estimate of drug-likeness (QED) is 0.618. The Hall–Kier alpha value is -1.32. The van der Waals surface area contributed by atoms with Crippen LogP contribution in [0, 0.1) is 16.7 Å². The molecule has 2 fully saturated rings. The minimum Gasteiger partial charge on any atom is -0.478 e. The van der Waals surface area contributed by atoms with Gasteiger partial charge in [-0.25, -0.2) is 9.59 Å². The molecule has 0 spiro atoms. The van der Waals surface area contributed by atoms with Crippen LogP contribution in [0.3, 0.4) is 0 Å². The fourth-order valence-electron chi connectivity index (χ4n) is 3.63. The van der Waals surface area contributed by atoms with Crippen LogP contribution in [-0.2, 0) is 14.3 Å². The minimum atomic E-state index is -1.13. The van der Waals surface area contributed by atoms with Gasteiger partial charge >= 0.3 is 11.9 Å². The number of ether oxygens (including phenoxy) is 1. The van der Waals surface area contributed by atoms with Crippen LogP contribution in [0.4, 0.5) is 0 Å². The fourth-order valence-corrected chi connectivity index (χ4v) is 3.63. The van der Waals surface area contributed by atoms with E-state index < -0.39 is 11.9 Å². The van der Waals surface area contributed by atoms with E-state index in [4.69, 9.17) is 9.84 Å². The molecule has 2 rings (SSSR count). The van der Waals surface area contributed by atoms with Crippen LogP contribution in [0.1, 0.15) is 40.0 Å². The van der Waals surface area contributed by atoms with E-state index in [0.717, 1.165) is 25.0 Å². The highest BCUT2D eigenvalue weighted by Gasteiger charge is 2.62. The Bertz CT molecular complexity index is 410. The third-order valence-electron chi connectivity index (χ3n) is 5.33. The molecule has 0 aliphatic heterocycles. The van der Waals surface area contributed by atoms with Gasteiger partial charge in [0.15, 0.2) is 0 Å². The third kappa shape index (κ3) is 1.84. The summed E-state index contributed by atoms with van der Waals surface area (Å²) in [5.74, 6) is -1.08. The van der Waals surface area contributed by atoms with Gasteiger partial charge in [0.25, 0.3) is 0 Å². The summed E-state index contributed by atoms with van der Waals surface area (Å²) in [7, 11) is 0. The predicted octanol–water partition coefficient (Wildman–Crippen LogP) is 2.39. The highest BCUT2D eigenvalue weighted by atomic mass is 16.5. The molecule has 2 aliphatic carbocycles. The normalized spacial score (nSPS) is 37.1.